The number of thiazole rings is 1. The fraction of sp³-hybridized carbons (Fsp3) is 0.125. The van der Waals surface area contributed by atoms with E-state index in [0.717, 1.165) is 39.9 Å². The van der Waals surface area contributed by atoms with Gasteiger partial charge in [0.15, 0.2) is 5.13 Å². The lowest BCUT2D eigenvalue weighted by molar-refractivity contribution is -0.116. The number of nitrogens with zero attached hydrogens (tertiary/aromatic N) is 2. The highest BCUT2D eigenvalue weighted by Gasteiger charge is 2.23. The first-order valence-corrected chi connectivity index (χ1v) is 9.59. The highest BCUT2D eigenvalue weighted by atomic mass is 32.2. The fourth-order valence-corrected chi connectivity index (χ4v) is 4.22. The summed E-state index contributed by atoms with van der Waals surface area (Å²) >= 11 is 1.08. The summed E-state index contributed by atoms with van der Waals surface area (Å²) in [4.78, 5) is 16.1. The maximum atomic E-state index is 13.2. The monoisotopic (exact) mass is 397 g/mol. The van der Waals surface area contributed by atoms with Crippen LogP contribution in [0.3, 0.4) is 0 Å². The molecule has 0 atom stereocenters. The average Bonchev–Trinajstić information content (AvgIpc) is 2.96. The van der Waals surface area contributed by atoms with Gasteiger partial charge in [0.2, 0.25) is 15.9 Å². The lowest BCUT2D eigenvalue weighted by atomic mass is 10.3. The Morgan fingerprint density at radius 3 is 2.50 bits per heavy atom. The molecule has 0 aliphatic carbocycles. The number of hydrogen-bond acceptors (Lipinski definition) is 5. The van der Waals surface area contributed by atoms with E-state index in [0.29, 0.717) is 10.2 Å². The van der Waals surface area contributed by atoms with Gasteiger partial charge in [-0.05, 0) is 42.5 Å². The van der Waals surface area contributed by atoms with E-state index in [1.165, 1.54) is 25.2 Å². The van der Waals surface area contributed by atoms with Crippen LogP contribution >= 0.6 is 11.3 Å². The van der Waals surface area contributed by atoms with Crippen LogP contribution in [0.2, 0.25) is 0 Å². The zero-order valence-electron chi connectivity index (χ0n) is 13.4. The minimum absolute atomic E-state index is 0.121. The van der Waals surface area contributed by atoms with Crippen LogP contribution < -0.4 is 5.32 Å². The van der Waals surface area contributed by atoms with Crippen LogP contribution in [-0.2, 0) is 14.8 Å². The Balaban J connectivity index is 1.71. The molecule has 0 saturated heterocycles. The molecular weight excluding hydrogens is 384 g/mol. The van der Waals surface area contributed by atoms with Gasteiger partial charge < -0.3 is 5.32 Å². The number of anilines is 1. The molecule has 0 aliphatic heterocycles. The fourth-order valence-electron chi connectivity index (χ4n) is 2.18. The molecule has 10 heteroatoms. The zero-order chi connectivity index (χ0) is 18.9. The molecule has 1 aromatic heterocycles. The largest absolute Gasteiger partial charge is 0.301 e. The summed E-state index contributed by atoms with van der Waals surface area (Å²) in [6.07, 6.45) is 0. The van der Waals surface area contributed by atoms with Gasteiger partial charge in [0, 0.05) is 7.05 Å². The Morgan fingerprint density at radius 2 is 1.81 bits per heavy atom. The highest BCUT2D eigenvalue weighted by Crippen LogP contribution is 2.26. The summed E-state index contributed by atoms with van der Waals surface area (Å²) in [6, 6.07) is 8.36. The topological polar surface area (TPSA) is 79.4 Å². The van der Waals surface area contributed by atoms with E-state index in [1.807, 2.05) is 0 Å². The SMILES string of the molecule is CN(CC(=O)Nc1nc2ccc(F)cc2s1)S(=O)(=O)c1ccc(F)cc1. The number of fused-ring (bicyclic) bond motifs is 1. The van der Waals surface area contributed by atoms with Gasteiger partial charge in [-0.15, -0.1) is 0 Å². The van der Waals surface area contributed by atoms with E-state index in [2.05, 4.69) is 10.3 Å². The number of aromatic nitrogens is 1. The van der Waals surface area contributed by atoms with Crippen molar-refractivity contribution in [2.24, 2.45) is 0 Å². The van der Waals surface area contributed by atoms with E-state index in [9.17, 15) is 22.0 Å². The molecule has 26 heavy (non-hydrogen) atoms. The zero-order valence-corrected chi connectivity index (χ0v) is 15.1. The predicted molar refractivity (Wildman–Crippen MR) is 94.4 cm³/mol. The molecule has 0 fully saturated rings. The maximum Gasteiger partial charge on any atom is 0.243 e. The first-order chi connectivity index (χ1) is 12.3. The van der Waals surface area contributed by atoms with Gasteiger partial charge in [-0.3, -0.25) is 4.79 Å². The quantitative estimate of drug-likeness (QED) is 0.718. The van der Waals surface area contributed by atoms with Crippen molar-refractivity contribution in [1.82, 2.24) is 9.29 Å². The van der Waals surface area contributed by atoms with Crippen molar-refractivity contribution in [3.05, 3.63) is 54.1 Å². The number of likely N-dealkylation sites (N-methyl/N-ethyl adjacent to an activating group) is 1. The number of carbonyl (C=O) groups is 1. The molecule has 2 aromatic carbocycles. The Hall–Kier alpha value is -2.43. The molecule has 0 bridgehead atoms. The van der Waals surface area contributed by atoms with Crippen LogP contribution in [0.1, 0.15) is 0 Å². The number of nitrogens with one attached hydrogen (secondary N) is 1. The summed E-state index contributed by atoms with van der Waals surface area (Å²) in [7, 11) is -2.69. The maximum absolute atomic E-state index is 13.2. The van der Waals surface area contributed by atoms with E-state index >= 15 is 0 Å². The Kier molecular flexibility index (Phi) is 4.99. The van der Waals surface area contributed by atoms with Crippen LogP contribution in [0.25, 0.3) is 10.2 Å². The normalized spacial score (nSPS) is 11.8. The van der Waals surface area contributed by atoms with Gasteiger partial charge in [0.25, 0.3) is 0 Å². The Morgan fingerprint density at radius 1 is 1.15 bits per heavy atom. The molecule has 0 saturated carbocycles. The number of benzene rings is 2. The summed E-state index contributed by atoms with van der Waals surface area (Å²) in [5.74, 6) is -1.57. The predicted octanol–water partition coefficient (Wildman–Crippen LogP) is 2.83. The second-order valence-corrected chi connectivity index (χ2v) is 8.47. The number of carbonyl (C=O) groups excluding carboxylic acids is 1. The van der Waals surface area contributed by atoms with Crippen LogP contribution in [0.5, 0.6) is 0 Å². The van der Waals surface area contributed by atoms with Crippen LogP contribution in [0.4, 0.5) is 13.9 Å². The number of sulfonamides is 1. The molecule has 136 valence electrons. The molecule has 3 rings (SSSR count). The third kappa shape index (κ3) is 3.87. The van der Waals surface area contributed by atoms with E-state index < -0.39 is 34.1 Å². The summed E-state index contributed by atoms with van der Waals surface area (Å²) in [6.45, 7) is -0.454. The lowest BCUT2D eigenvalue weighted by Gasteiger charge is -2.16. The smallest absolute Gasteiger partial charge is 0.243 e. The minimum atomic E-state index is -3.93. The first kappa shape index (κ1) is 18.4. The number of hydrogen-bond donors (Lipinski definition) is 1. The summed E-state index contributed by atoms with van der Waals surface area (Å²) in [5, 5.41) is 2.73. The van der Waals surface area contributed by atoms with Gasteiger partial charge in [-0.2, -0.15) is 4.31 Å². The van der Waals surface area contributed by atoms with Crippen LogP contribution in [0, 0.1) is 11.6 Å². The van der Waals surface area contributed by atoms with Crippen molar-refractivity contribution in [3.63, 3.8) is 0 Å². The Bertz CT molecular complexity index is 1070. The minimum Gasteiger partial charge on any atom is -0.301 e. The summed E-state index contributed by atoms with van der Waals surface area (Å²) in [5.41, 5.74) is 0.527. The third-order valence-electron chi connectivity index (χ3n) is 3.48. The van der Waals surface area contributed by atoms with E-state index in [4.69, 9.17) is 0 Å². The first-order valence-electron chi connectivity index (χ1n) is 7.33. The molecule has 0 spiro atoms. The Labute approximate surface area is 152 Å². The van der Waals surface area contributed by atoms with Crippen LogP contribution in [0.15, 0.2) is 47.4 Å². The van der Waals surface area contributed by atoms with Gasteiger partial charge in [0.05, 0.1) is 21.7 Å². The molecule has 0 aliphatic rings. The average molecular weight is 397 g/mol. The third-order valence-corrected chi connectivity index (χ3v) is 6.24. The van der Waals surface area contributed by atoms with Gasteiger partial charge in [0.1, 0.15) is 11.6 Å². The van der Waals surface area contributed by atoms with Crippen molar-refractivity contribution in [1.29, 1.82) is 0 Å². The molecule has 0 unspecified atom stereocenters. The summed E-state index contributed by atoms with van der Waals surface area (Å²) < 4.78 is 52.3. The molecule has 0 radical (unpaired) electrons. The van der Waals surface area contributed by atoms with Gasteiger partial charge >= 0.3 is 0 Å². The van der Waals surface area contributed by atoms with E-state index in [-0.39, 0.29) is 10.0 Å². The molecular formula is C16H13F2N3O3S2. The molecule has 3 aromatic rings. The molecule has 1 heterocycles. The van der Waals surface area contributed by atoms with Gasteiger partial charge in [-0.1, -0.05) is 11.3 Å². The van der Waals surface area contributed by atoms with Crippen LogP contribution in [-0.4, -0.2) is 37.2 Å². The highest BCUT2D eigenvalue weighted by molar-refractivity contribution is 7.89. The standard InChI is InChI=1S/C16H13F2N3O3S2/c1-21(26(23,24)12-5-2-10(17)3-6-12)9-15(22)20-16-19-13-7-4-11(18)8-14(13)25-16/h2-8H,9H2,1H3,(H,19,20,22). The second kappa shape index (κ2) is 7.06. The molecule has 1 amide bonds. The van der Waals surface area contributed by atoms with Crippen molar-refractivity contribution >= 4 is 42.6 Å². The van der Waals surface area contributed by atoms with Crippen molar-refractivity contribution < 1.29 is 22.0 Å². The number of amides is 1. The number of rotatable bonds is 5. The molecule has 1 N–H and O–H groups in total. The van der Waals surface area contributed by atoms with Crippen molar-refractivity contribution in [2.45, 2.75) is 4.90 Å². The second-order valence-electron chi connectivity index (χ2n) is 5.39. The molecule has 6 nitrogen and oxygen atoms in total. The number of halogens is 2. The lowest BCUT2D eigenvalue weighted by Crippen LogP contribution is -2.34. The van der Waals surface area contributed by atoms with Crippen molar-refractivity contribution in [3.8, 4) is 0 Å². The van der Waals surface area contributed by atoms with E-state index in [1.54, 1.807) is 0 Å². The van der Waals surface area contributed by atoms with Gasteiger partial charge in [-0.25, -0.2) is 22.2 Å². The van der Waals surface area contributed by atoms with Crippen molar-refractivity contribution in [2.75, 3.05) is 18.9 Å².